The number of hydrogen-bond acceptors (Lipinski definition) is 5. The lowest BCUT2D eigenvalue weighted by Crippen LogP contribution is -2.53. The van der Waals surface area contributed by atoms with Crippen LogP contribution in [0.1, 0.15) is 74.9 Å². The third kappa shape index (κ3) is 7.52. The highest BCUT2D eigenvalue weighted by molar-refractivity contribution is 6.30. The fourth-order valence-electron chi connectivity index (χ4n) is 5.76. The van der Waals surface area contributed by atoms with Crippen molar-refractivity contribution in [3.05, 3.63) is 99.0 Å². The molecule has 240 valence electrons. The largest absolute Gasteiger partial charge is 0.493 e. The maximum absolute atomic E-state index is 14.8. The molecule has 5 rings (SSSR count). The van der Waals surface area contributed by atoms with Crippen LogP contribution in [-0.2, 0) is 10.2 Å². The molecule has 46 heavy (non-hydrogen) atoms. The second-order valence-electron chi connectivity index (χ2n) is 12.5. The minimum Gasteiger partial charge on any atom is -0.493 e. The van der Waals surface area contributed by atoms with Gasteiger partial charge in [-0.15, -0.1) is 0 Å². The summed E-state index contributed by atoms with van der Waals surface area (Å²) < 4.78 is 6.23. The molecule has 3 aromatic carbocycles. The average Bonchev–Trinajstić information content (AvgIpc) is 3.44. The summed E-state index contributed by atoms with van der Waals surface area (Å²) in [4.78, 5) is 36.5. The third-order valence-electron chi connectivity index (χ3n) is 8.26. The van der Waals surface area contributed by atoms with E-state index < -0.39 is 12.1 Å². The molecule has 2 amide bonds. The molecule has 2 atom stereocenters. The Kier molecular flexibility index (Phi) is 10.6. The highest BCUT2D eigenvalue weighted by Crippen LogP contribution is 2.46. The quantitative estimate of drug-likeness (QED) is 0.147. The van der Waals surface area contributed by atoms with Crippen molar-refractivity contribution in [3.8, 4) is 17.7 Å². The monoisotopic (exact) mass is 658 g/mol. The molecule has 0 bridgehead atoms. The fourth-order valence-corrected chi connectivity index (χ4v) is 6.02. The zero-order chi connectivity index (χ0) is 32.8. The van der Waals surface area contributed by atoms with E-state index in [1.807, 2.05) is 76.2 Å². The Morgan fingerprint density at radius 3 is 2.17 bits per heavy atom. The number of ether oxygens (including phenoxy) is 1. The van der Waals surface area contributed by atoms with Crippen LogP contribution in [0.15, 0.2) is 71.7 Å². The van der Waals surface area contributed by atoms with E-state index in [9.17, 15) is 9.59 Å². The average molecular weight is 660 g/mol. The first kappa shape index (κ1) is 33.4. The van der Waals surface area contributed by atoms with Crippen LogP contribution in [0.2, 0.25) is 10.0 Å². The molecule has 1 fully saturated rings. The number of urea groups is 1. The Morgan fingerprint density at radius 2 is 1.59 bits per heavy atom. The van der Waals surface area contributed by atoms with Gasteiger partial charge in [0.15, 0.2) is 0 Å². The summed E-state index contributed by atoms with van der Waals surface area (Å²) in [5.41, 5.74) is 3.66. The second-order valence-corrected chi connectivity index (χ2v) is 13.3. The second kappa shape index (κ2) is 14.6. The van der Waals surface area contributed by atoms with Gasteiger partial charge in [-0.25, -0.2) is 4.79 Å². The highest BCUT2D eigenvalue weighted by Gasteiger charge is 2.45. The van der Waals surface area contributed by atoms with E-state index in [-0.39, 0.29) is 11.4 Å². The maximum Gasteiger partial charge on any atom is 0.326 e. The summed E-state index contributed by atoms with van der Waals surface area (Å²) in [7, 11) is 0. The number of halogens is 2. The standard InChI is InChI=1S/C37H40Cl2N4O3/c1-5-46-32-25-28(37(2,3)4)13-18-31(32)35-40-33(26-9-14-29(38)15-10-26)34(27-11-16-30(39)17-12-27)43(35)36(45)42-22-20-41(21-23-42)19-7-6-8-24-44/h9-18,24-25,33-34H,5-6,8,20-23H2,1-4H3. The summed E-state index contributed by atoms with van der Waals surface area (Å²) in [6.07, 6.45) is 1.83. The lowest BCUT2D eigenvalue weighted by atomic mass is 9.86. The number of amides is 2. The number of hydrogen-bond donors (Lipinski definition) is 0. The van der Waals surface area contributed by atoms with Gasteiger partial charge >= 0.3 is 6.03 Å². The minimum atomic E-state index is -0.445. The van der Waals surface area contributed by atoms with Crippen LogP contribution in [0, 0.1) is 12.0 Å². The van der Waals surface area contributed by atoms with Gasteiger partial charge in [0.2, 0.25) is 0 Å². The molecule has 2 aliphatic rings. The fraction of sp³-hybridized carbons (Fsp3) is 0.378. The number of nitrogens with zero attached hydrogens (tertiary/aromatic N) is 4. The Labute approximate surface area is 282 Å². The Morgan fingerprint density at radius 1 is 0.957 bits per heavy atom. The van der Waals surface area contributed by atoms with Gasteiger partial charge < -0.3 is 19.3 Å². The summed E-state index contributed by atoms with van der Waals surface area (Å²) in [5.74, 6) is 4.30. The number of aldehydes is 1. The van der Waals surface area contributed by atoms with Crippen LogP contribution in [0.4, 0.5) is 4.79 Å². The van der Waals surface area contributed by atoms with Gasteiger partial charge in [-0.3, -0.25) is 9.89 Å². The number of benzene rings is 3. The molecular weight excluding hydrogens is 619 g/mol. The van der Waals surface area contributed by atoms with Crippen molar-refractivity contribution in [2.24, 2.45) is 4.99 Å². The summed E-state index contributed by atoms with van der Waals surface area (Å²) in [6, 6.07) is 23.6. The predicted octanol–water partition coefficient (Wildman–Crippen LogP) is 7.91. The third-order valence-corrected chi connectivity index (χ3v) is 8.76. The highest BCUT2D eigenvalue weighted by atomic mass is 35.5. The molecule has 2 heterocycles. The smallest absolute Gasteiger partial charge is 0.326 e. The lowest BCUT2D eigenvalue weighted by Gasteiger charge is -2.38. The Hall–Kier alpha value is -3.99. The number of aliphatic imine (C=N–C) groups is 1. The van der Waals surface area contributed by atoms with Crippen molar-refractivity contribution in [1.82, 2.24) is 14.7 Å². The van der Waals surface area contributed by atoms with Crippen LogP contribution in [0.5, 0.6) is 5.75 Å². The van der Waals surface area contributed by atoms with Gasteiger partial charge in [-0.1, -0.05) is 80.2 Å². The molecule has 9 heteroatoms. The van der Waals surface area contributed by atoms with Crippen molar-refractivity contribution < 1.29 is 14.3 Å². The number of piperazine rings is 1. The van der Waals surface area contributed by atoms with Gasteiger partial charge in [-0.05, 0) is 65.4 Å². The van der Waals surface area contributed by atoms with Crippen LogP contribution in [0.3, 0.4) is 0 Å². The van der Waals surface area contributed by atoms with Crippen LogP contribution >= 0.6 is 23.2 Å². The molecule has 0 spiro atoms. The number of unbranched alkanes of at least 4 members (excludes halogenated alkanes) is 1. The normalized spacial score (nSPS) is 18.1. The molecule has 0 aromatic heterocycles. The Bertz CT molecular complexity index is 1630. The van der Waals surface area contributed by atoms with E-state index in [4.69, 9.17) is 32.9 Å². The van der Waals surface area contributed by atoms with Crippen molar-refractivity contribution >= 4 is 41.4 Å². The first-order chi connectivity index (χ1) is 22.1. The first-order valence-electron chi connectivity index (χ1n) is 15.7. The van der Waals surface area contributed by atoms with Crippen LogP contribution in [0.25, 0.3) is 0 Å². The molecule has 0 radical (unpaired) electrons. The van der Waals surface area contributed by atoms with E-state index in [2.05, 4.69) is 44.9 Å². The molecule has 2 aliphatic heterocycles. The SMILES string of the molecule is CCOc1cc(C(C)(C)C)ccc1C1=NC(c2ccc(Cl)cc2)C(c2ccc(Cl)cc2)N1C(=O)N1CCN(C#CCCC=O)CC1. The summed E-state index contributed by atoms with van der Waals surface area (Å²) in [5, 5.41) is 1.25. The van der Waals surface area contributed by atoms with Gasteiger partial charge in [-0.2, -0.15) is 0 Å². The molecule has 3 aromatic rings. The topological polar surface area (TPSA) is 65.5 Å². The van der Waals surface area contributed by atoms with Crippen molar-refractivity contribution in [2.45, 2.75) is 58.0 Å². The molecular formula is C37H40Cl2N4O3. The van der Waals surface area contributed by atoms with Gasteiger partial charge in [0, 0.05) is 55.1 Å². The molecule has 1 saturated heterocycles. The van der Waals surface area contributed by atoms with Crippen LogP contribution < -0.4 is 4.74 Å². The summed E-state index contributed by atoms with van der Waals surface area (Å²) >= 11 is 12.6. The van der Waals surface area contributed by atoms with E-state index in [0.717, 1.165) is 28.5 Å². The summed E-state index contributed by atoms with van der Waals surface area (Å²) in [6.45, 7) is 11.2. The number of carbonyl (C=O) groups excluding carboxylic acids is 2. The van der Waals surface area contributed by atoms with Crippen molar-refractivity contribution in [3.63, 3.8) is 0 Å². The van der Waals surface area contributed by atoms with Crippen LogP contribution in [-0.4, -0.2) is 65.6 Å². The zero-order valence-corrected chi connectivity index (χ0v) is 28.3. The Balaban J connectivity index is 1.60. The molecule has 0 saturated carbocycles. The van der Waals surface area contributed by atoms with E-state index >= 15 is 0 Å². The van der Waals surface area contributed by atoms with Crippen molar-refractivity contribution in [2.75, 3.05) is 32.8 Å². The lowest BCUT2D eigenvalue weighted by molar-refractivity contribution is -0.107. The predicted molar refractivity (Wildman–Crippen MR) is 185 cm³/mol. The zero-order valence-electron chi connectivity index (χ0n) is 26.8. The minimum absolute atomic E-state index is 0.0924. The van der Waals surface area contributed by atoms with Crippen molar-refractivity contribution in [1.29, 1.82) is 0 Å². The molecule has 0 aliphatic carbocycles. The molecule has 7 nitrogen and oxygen atoms in total. The number of rotatable bonds is 7. The number of carbonyl (C=O) groups is 2. The van der Waals surface area contributed by atoms with E-state index in [0.29, 0.717) is 67.3 Å². The first-order valence-corrected chi connectivity index (χ1v) is 16.5. The number of amidine groups is 1. The molecule has 2 unspecified atom stereocenters. The van der Waals surface area contributed by atoms with Gasteiger partial charge in [0.05, 0.1) is 18.2 Å². The van der Waals surface area contributed by atoms with Gasteiger partial charge in [0.1, 0.15) is 23.9 Å². The van der Waals surface area contributed by atoms with E-state index in [1.165, 1.54) is 0 Å². The van der Waals surface area contributed by atoms with Gasteiger partial charge in [0.25, 0.3) is 0 Å². The van der Waals surface area contributed by atoms with E-state index in [1.54, 1.807) is 0 Å². The maximum atomic E-state index is 14.8. The molecule has 0 N–H and O–H groups in total.